The Labute approximate surface area is 166 Å². The summed E-state index contributed by atoms with van der Waals surface area (Å²) in [4.78, 5) is 29.6. The molecule has 5 nitrogen and oxygen atoms in total. The van der Waals surface area contributed by atoms with Gasteiger partial charge < -0.3 is 4.57 Å². The summed E-state index contributed by atoms with van der Waals surface area (Å²) in [7, 11) is 1.70. The maximum Gasteiger partial charge on any atom is 0.258 e. The molecule has 0 aliphatic carbocycles. The molecule has 1 amide bonds. The number of amides is 1. The molecular weight excluding hydrogens is 370 g/mol. The molecule has 4 rings (SSSR count). The summed E-state index contributed by atoms with van der Waals surface area (Å²) >= 11 is 1.36. The van der Waals surface area contributed by atoms with Gasteiger partial charge in [0.15, 0.2) is 5.13 Å². The molecule has 28 heavy (non-hydrogen) atoms. The molecule has 0 unspecified atom stereocenters. The number of pyridine rings is 1. The average molecular weight is 389 g/mol. The number of hydrogen-bond donors (Lipinski definition) is 1. The number of nitrogens with one attached hydrogen (secondary N) is 1. The fourth-order valence-electron chi connectivity index (χ4n) is 3.13. The molecule has 2 heterocycles. The second-order valence-corrected chi connectivity index (χ2v) is 7.62. The summed E-state index contributed by atoms with van der Waals surface area (Å²) in [5, 5.41) is 5.98. The molecule has 0 atom stereocenters. The maximum absolute atomic E-state index is 12.8. The normalized spacial score (nSPS) is 11.0. The van der Waals surface area contributed by atoms with Crippen molar-refractivity contribution in [3.63, 3.8) is 0 Å². The molecule has 0 fully saturated rings. The van der Waals surface area contributed by atoms with E-state index in [0.717, 1.165) is 22.2 Å². The Morgan fingerprint density at radius 3 is 2.64 bits per heavy atom. The van der Waals surface area contributed by atoms with E-state index in [-0.39, 0.29) is 11.5 Å². The van der Waals surface area contributed by atoms with Crippen LogP contribution < -0.4 is 10.9 Å². The van der Waals surface area contributed by atoms with Gasteiger partial charge in [0, 0.05) is 29.4 Å². The van der Waals surface area contributed by atoms with E-state index < -0.39 is 0 Å². The van der Waals surface area contributed by atoms with Gasteiger partial charge in [-0.15, -0.1) is 11.3 Å². The summed E-state index contributed by atoms with van der Waals surface area (Å²) < 4.78 is 1.54. The molecule has 0 saturated carbocycles. The van der Waals surface area contributed by atoms with Gasteiger partial charge in [-0.2, -0.15) is 0 Å². The quantitative estimate of drug-likeness (QED) is 0.560. The first-order valence-electron chi connectivity index (χ1n) is 8.87. The van der Waals surface area contributed by atoms with Crippen LogP contribution in [0.25, 0.3) is 22.2 Å². The Kier molecular flexibility index (Phi) is 4.57. The Morgan fingerprint density at radius 1 is 1.07 bits per heavy atom. The predicted molar refractivity (Wildman–Crippen MR) is 114 cm³/mol. The summed E-state index contributed by atoms with van der Waals surface area (Å²) in [6.45, 7) is 4.13. The molecule has 0 bridgehead atoms. The van der Waals surface area contributed by atoms with E-state index in [1.165, 1.54) is 33.1 Å². The van der Waals surface area contributed by atoms with E-state index in [2.05, 4.69) is 36.3 Å². The predicted octanol–water partition coefficient (Wildman–Crippen LogP) is 4.53. The highest BCUT2D eigenvalue weighted by atomic mass is 32.1. The van der Waals surface area contributed by atoms with Crippen LogP contribution >= 0.6 is 11.3 Å². The Hall–Kier alpha value is -3.25. The highest BCUT2D eigenvalue weighted by Crippen LogP contribution is 2.27. The number of para-hydroxylation sites is 1. The topological polar surface area (TPSA) is 64.0 Å². The summed E-state index contributed by atoms with van der Waals surface area (Å²) in [5.41, 5.74) is 5.10. The van der Waals surface area contributed by atoms with Crippen molar-refractivity contribution in [2.24, 2.45) is 7.05 Å². The third-order valence-electron chi connectivity index (χ3n) is 4.93. The van der Waals surface area contributed by atoms with Crippen LogP contribution in [0.1, 0.15) is 21.5 Å². The van der Waals surface area contributed by atoms with Crippen molar-refractivity contribution in [2.45, 2.75) is 13.8 Å². The van der Waals surface area contributed by atoms with Crippen molar-refractivity contribution in [1.82, 2.24) is 9.55 Å². The van der Waals surface area contributed by atoms with E-state index in [1.54, 1.807) is 7.05 Å². The van der Waals surface area contributed by atoms with Crippen molar-refractivity contribution >= 4 is 33.3 Å². The fourth-order valence-corrected chi connectivity index (χ4v) is 3.84. The van der Waals surface area contributed by atoms with Gasteiger partial charge in [0.25, 0.3) is 11.5 Å². The number of thiazole rings is 1. The monoisotopic (exact) mass is 389 g/mol. The third-order valence-corrected chi connectivity index (χ3v) is 5.68. The average Bonchev–Trinajstić information content (AvgIpc) is 3.15. The van der Waals surface area contributed by atoms with Crippen LogP contribution in [0, 0.1) is 13.8 Å². The first kappa shape index (κ1) is 18.1. The first-order chi connectivity index (χ1) is 13.4. The number of fused-ring (bicyclic) bond motifs is 1. The molecule has 0 radical (unpaired) electrons. The van der Waals surface area contributed by atoms with Gasteiger partial charge in [0.2, 0.25) is 0 Å². The van der Waals surface area contributed by atoms with E-state index in [0.29, 0.717) is 10.7 Å². The number of hydrogen-bond acceptors (Lipinski definition) is 4. The third kappa shape index (κ3) is 3.23. The summed E-state index contributed by atoms with van der Waals surface area (Å²) in [6, 6.07) is 14.9. The SMILES string of the molecule is Cc1ccc(-c2csc(NC(=O)c3cc(=O)n(C)c4ccccc34)n2)cc1C. The van der Waals surface area contributed by atoms with Crippen molar-refractivity contribution in [3.8, 4) is 11.3 Å². The number of carbonyl (C=O) groups is 1. The van der Waals surface area contributed by atoms with Gasteiger partial charge in [-0.1, -0.05) is 30.3 Å². The Bertz CT molecular complexity index is 1270. The minimum absolute atomic E-state index is 0.223. The number of carbonyl (C=O) groups excluding carboxylic acids is 1. The van der Waals surface area contributed by atoms with Gasteiger partial charge in [0.05, 0.1) is 16.8 Å². The molecule has 0 spiro atoms. The maximum atomic E-state index is 12.8. The second-order valence-electron chi connectivity index (χ2n) is 6.76. The highest BCUT2D eigenvalue weighted by molar-refractivity contribution is 7.14. The lowest BCUT2D eigenvalue weighted by atomic mass is 10.1. The largest absolute Gasteiger partial charge is 0.311 e. The van der Waals surface area contributed by atoms with E-state index >= 15 is 0 Å². The molecule has 2 aromatic heterocycles. The van der Waals surface area contributed by atoms with Crippen LogP contribution in [-0.4, -0.2) is 15.5 Å². The number of anilines is 1. The molecule has 140 valence electrons. The van der Waals surface area contributed by atoms with Crippen LogP contribution in [0.5, 0.6) is 0 Å². The second kappa shape index (κ2) is 7.05. The zero-order valence-electron chi connectivity index (χ0n) is 15.8. The van der Waals surface area contributed by atoms with Crippen molar-refractivity contribution in [3.05, 3.63) is 81.0 Å². The Balaban J connectivity index is 1.66. The zero-order chi connectivity index (χ0) is 19.8. The molecule has 2 aromatic carbocycles. The minimum atomic E-state index is -0.338. The zero-order valence-corrected chi connectivity index (χ0v) is 16.6. The fraction of sp³-hybridized carbons (Fsp3) is 0.136. The molecule has 1 N–H and O–H groups in total. The highest BCUT2D eigenvalue weighted by Gasteiger charge is 2.15. The summed E-state index contributed by atoms with van der Waals surface area (Å²) in [5.74, 6) is -0.338. The molecule has 0 aliphatic rings. The van der Waals surface area contributed by atoms with Gasteiger partial charge in [-0.3, -0.25) is 14.9 Å². The van der Waals surface area contributed by atoms with E-state index in [4.69, 9.17) is 0 Å². The van der Waals surface area contributed by atoms with Gasteiger partial charge >= 0.3 is 0 Å². The molecule has 0 saturated heterocycles. The lowest BCUT2D eigenvalue weighted by Crippen LogP contribution is -2.21. The molecule has 0 aliphatic heterocycles. The van der Waals surface area contributed by atoms with Crippen LogP contribution in [0.3, 0.4) is 0 Å². The number of aryl methyl sites for hydroxylation is 3. The smallest absolute Gasteiger partial charge is 0.258 e. The molecule has 4 aromatic rings. The standard InChI is InChI=1S/C22H19N3O2S/c1-13-8-9-15(10-14(13)2)18-12-28-22(23-18)24-21(27)17-11-20(26)25(3)19-7-5-4-6-16(17)19/h4-12H,1-3H3,(H,23,24,27). The van der Waals surface area contributed by atoms with Gasteiger partial charge in [0.1, 0.15) is 0 Å². The van der Waals surface area contributed by atoms with Crippen LogP contribution in [0.4, 0.5) is 5.13 Å². The minimum Gasteiger partial charge on any atom is -0.311 e. The lowest BCUT2D eigenvalue weighted by Gasteiger charge is -2.09. The number of benzene rings is 2. The van der Waals surface area contributed by atoms with Crippen LogP contribution in [-0.2, 0) is 7.05 Å². The van der Waals surface area contributed by atoms with Crippen molar-refractivity contribution in [2.75, 3.05) is 5.32 Å². The van der Waals surface area contributed by atoms with Gasteiger partial charge in [-0.05, 0) is 37.1 Å². The van der Waals surface area contributed by atoms with Crippen molar-refractivity contribution < 1.29 is 4.79 Å². The van der Waals surface area contributed by atoms with Crippen LogP contribution in [0.15, 0.2) is 58.7 Å². The molecular formula is C22H19N3O2S. The summed E-state index contributed by atoms with van der Waals surface area (Å²) in [6.07, 6.45) is 0. The van der Waals surface area contributed by atoms with Crippen molar-refractivity contribution in [1.29, 1.82) is 0 Å². The van der Waals surface area contributed by atoms with E-state index in [9.17, 15) is 9.59 Å². The number of nitrogens with zero attached hydrogens (tertiary/aromatic N) is 2. The van der Waals surface area contributed by atoms with Crippen LogP contribution in [0.2, 0.25) is 0 Å². The van der Waals surface area contributed by atoms with Gasteiger partial charge in [-0.25, -0.2) is 4.98 Å². The molecule has 6 heteroatoms. The number of rotatable bonds is 3. The first-order valence-corrected chi connectivity index (χ1v) is 9.75. The lowest BCUT2D eigenvalue weighted by molar-refractivity contribution is 0.102. The van der Waals surface area contributed by atoms with E-state index in [1.807, 2.05) is 35.7 Å². The number of aromatic nitrogens is 2. The Morgan fingerprint density at radius 2 is 1.86 bits per heavy atom.